The van der Waals surface area contributed by atoms with Gasteiger partial charge in [0.2, 0.25) is 5.91 Å². The van der Waals surface area contributed by atoms with E-state index in [-0.39, 0.29) is 11.8 Å². The van der Waals surface area contributed by atoms with Gasteiger partial charge in [0.05, 0.1) is 7.11 Å². The molecule has 4 heteroatoms. The molecule has 2 atom stereocenters. The first-order valence-corrected chi connectivity index (χ1v) is 8.54. The van der Waals surface area contributed by atoms with Crippen molar-refractivity contribution >= 4 is 5.91 Å². The third kappa shape index (κ3) is 3.75. The molecule has 2 unspecified atom stereocenters. The zero-order valence-electron chi connectivity index (χ0n) is 14.3. The second-order valence-corrected chi connectivity index (χ2v) is 6.25. The Kier molecular flexibility index (Phi) is 5.14. The van der Waals surface area contributed by atoms with E-state index in [1.165, 1.54) is 11.1 Å². The minimum atomic E-state index is 0.135. The number of aromatic nitrogens is 1. The number of hydrogen-bond donors (Lipinski definition) is 0. The zero-order chi connectivity index (χ0) is 16.9. The van der Waals surface area contributed by atoms with E-state index in [9.17, 15) is 4.79 Å². The predicted molar refractivity (Wildman–Crippen MR) is 94.0 cm³/mol. The summed E-state index contributed by atoms with van der Waals surface area (Å²) in [5, 5.41) is 0. The second-order valence-electron chi connectivity index (χ2n) is 6.25. The number of likely N-dealkylation sites (N-methyl/N-ethyl adjacent to an activating group) is 1. The van der Waals surface area contributed by atoms with Crippen LogP contribution in [0.4, 0.5) is 0 Å². The first-order valence-electron chi connectivity index (χ1n) is 8.54. The molecule has 3 rings (SSSR count). The van der Waals surface area contributed by atoms with E-state index in [0.29, 0.717) is 5.92 Å². The van der Waals surface area contributed by atoms with Gasteiger partial charge in [-0.2, -0.15) is 0 Å². The predicted octanol–water partition coefficient (Wildman–Crippen LogP) is 3.28. The highest BCUT2D eigenvalue weighted by atomic mass is 16.5. The van der Waals surface area contributed by atoms with Crippen LogP contribution in [-0.2, 0) is 11.2 Å². The number of benzene rings is 1. The first kappa shape index (κ1) is 16.5. The molecular formula is C20H24N2O2. The third-order valence-corrected chi connectivity index (χ3v) is 4.76. The Morgan fingerprint density at radius 2 is 1.92 bits per heavy atom. The molecule has 1 heterocycles. The molecule has 0 saturated heterocycles. The maximum atomic E-state index is 12.8. The van der Waals surface area contributed by atoms with Gasteiger partial charge in [0.25, 0.3) is 0 Å². The molecule has 1 saturated carbocycles. The van der Waals surface area contributed by atoms with Crippen molar-refractivity contribution < 1.29 is 9.53 Å². The Hall–Kier alpha value is -2.36. The molecule has 0 radical (unpaired) electrons. The van der Waals surface area contributed by atoms with Crippen molar-refractivity contribution in [3.63, 3.8) is 0 Å². The van der Waals surface area contributed by atoms with Crippen LogP contribution < -0.4 is 4.74 Å². The first-order chi connectivity index (χ1) is 11.7. The van der Waals surface area contributed by atoms with Crippen LogP contribution in [0.15, 0.2) is 48.8 Å². The summed E-state index contributed by atoms with van der Waals surface area (Å²) in [5.74, 6) is 1.64. The molecule has 0 spiro atoms. The van der Waals surface area contributed by atoms with Gasteiger partial charge >= 0.3 is 0 Å². The molecule has 1 amide bonds. The largest absolute Gasteiger partial charge is 0.497 e. The maximum absolute atomic E-state index is 12.8. The number of rotatable bonds is 7. The highest BCUT2D eigenvalue weighted by Crippen LogP contribution is 2.48. The van der Waals surface area contributed by atoms with E-state index < -0.39 is 0 Å². The van der Waals surface area contributed by atoms with Crippen LogP contribution in [-0.4, -0.2) is 36.0 Å². The van der Waals surface area contributed by atoms with Gasteiger partial charge in [0.1, 0.15) is 5.75 Å². The summed E-state index contributed by atoms with van der Waals surface area (Å²) >= 11 is 0. The fraction of sp³-hybridized carbons (Fsp3) is 0.400. The number of methoxy groups -OCH3 is 1. The van der Waals surface area contributed by atoms with Crippen molar-refractivity contribution in [1.29, 1.82) is 0 Å². The van der Waals surface area contributed by atoms with Crippen LogP contribution in [0.1, 0.15) is 30.4 Å². The van der Waals surface area contributed by atoms with Crippen molar-refractivity contribution in [2.75, 3.05) is 20.2 Å². The molecule has 1 aromatic carbocycles. The molecule has 4 nitrogen and oxygen atoms in total. The zero-order valence-corrected chi connectivity index (χ0v) is 14.3. The Morgan fingerprint density at radius 3 is 2.54 bits per heavy atom. The van der Waals surface area contributed by atoms with Crippen LogP contribution >= 0.6 is 0 Å². The van der Waals surface area contributed by atoms with Crippen LogP contribution in [0.2, 0.25) is 0 Å². The standard InChI is InChI=1S/C20H24N2O2/c1-3-22(13-10-15-8-11-21-12-9-15)20(23)19-14-18(19)16-4-6-17(24-2)7-5-16/h4-9,11-12,18-19H,3,10,13-14H2,1-2H3. The molecule has 126 valence electrons. The summed E-state index contributed by atoms with van der Waals surface area (Å²) < 4.78 is 5.19. The van der Waals surface area contributed by atoms with Gasteiger partial charge in [-0.15, -0.1) is 0 Å². The number of carbonyl (C=O) groups excluding carboxylic acids is 1. The summed E-state index contributed by atoms with van der Waals surface area (Å²) in [6, 6.07) is 12.1. The lowest BCUT2D eigenvalue weighted by Crippen LogP contribution is -2.34. The lowest BCUT2D eigenvalue weighted by molar-refractivity contribution is -0.132. The second kappa shape index (κ2) is 7.47. The molecule has 1 aromatic heterocycles. The molecule has 1 aliphatic carbocycles. The van der Waals surface area contributed by atoms with Gasteiger partial charge in [-0.05, 0) is 61.1 Å². The molecule has 0 aliphatic heterocycles. The van der Waals surface area contributed by atoms with E-state index in [0.717, 1.165) is 31.7 Å². The fourth-order valence-corrected chi connectivity index (χ4v) is 3.16. The molecule has 24 heavy (non-hydrogen) atoms. The maximum Gasteiger partial charge on any atom is 0.226 e. The monoisotopic (exact) mass is 324 g/mol. The minimum Gasteiger partial charge on any atom is -0.497 e. The van der Waals surface area contributed by atoms with Gasteiger partial charge in [0.15, 0.2) is 0 Å². The topological polar surface area (TPSA) is 42.4 Å². The summed E-state index contributed by atoms with van der Waals surface area (Å²) in [7, 11) is 1.67. The third-order valence-electron chi connectivity index (χ3n) is 4.76. The van der Waals surface area contributed by atoms with Crippen LogP contribution in [0.5, 0.6) is 5.75 Å². The minimum absolute atomic E-state index is 0.135. The number of ether oxygens (including phenoxy) is 1. The molecule has 1 fully saturated rings. The SMILES string of the molecule is CCN(CCc1ccncc1)C(=O)C1CC1c1ccc(OC)cc1. The van der Waals surface area contributed by atoms with E-state index in [4.69, 9.17) is 4.74 Å². The van der Waals surface area contributed by atoms with Gasteiger partial charge < -0.3 is 9.64 Å². The molecule has 1 aliphatic rings. The summed E-state index contributed by atoms with van der Waals surface area (Å²) in [5.41, 5.74) is 2.46. The summed E-state index contributed by atoms with van der Waals surface area (Å²) in [6.07, 6.45) is 5.43. The number of nitrogens with zero attached hydrogens (tertiary/aromatic N) is 2. The Morgan fingerprint density at radius 1 is 1.21 bits per heavy atom. The molecular weight excluding hydrogens is 300 g/mol. The lowest BCUT2D eigenvalue weighted by atomic mass is 10.1. The van der Waals surface area contributed by atoms with E-state index in [2.05, 4.69) is 24.0 Å². The molecule has 2 aromatic rings. The Labute approximate surface area is 143 Å². The summed E-state index contributed by atoms with van der Waals surface area (Å²) in [4.78, 5) is 18.8. The van der Waals surface area contributed by atoms with Gasteiger partial charge in [-0.25, -0.2) is 0 Å². The lowest BCUT2D eigenvalue weighted by Gasteiger charge is -2.21. The number of carbonyl (C=O) groups is 1. The van der Waals surface area contributed by atoms with E-state index in [1.54, 1.807) is 19.5 Å². The Bertz CT molecular complexity index is 670. The molecule has 0 bridgehead atoms. The van der Waals surface area contributed by atoms with Crippen LogP contribution in [0, 0.1) is 5.92 Å². The van der Waals surface area contributed by atoms with Crippen molar-refractivity contribution in [1.82, 2.24) is 9.88 Å². The van der Waals surface area contributed by atoms with Crippen molar-refractivity contribution in [3.8, 4) is 5.75 Å². The average molecular weight is 324 g/mol. The van der Waals surface area contributed by atoms with Gasteiger partial charge in [-0.3, -0.25) is 9.78 Å². The Balaban J connectivity index is 1.56. The van der Waals surface area contributed by atoms with Gasteiger partial charge in [0, 0.05) is 31.4 Å². The van der Waals surface area contributed by atoms with Crippen LogP contribution in [0.3, 0.4) is 0 Å². The highest BCUT2D eigenvalue weighted by Gasteiger charge is 2.45. The summed E-state index contributed by atoms with van der Waals surface area (Å²) in [6.45, 7) is 3.58. The van der Waals surface area contributed by atoms with Crippen molar-refractivity contribution in [2.45, 2.75) is 25.7 Å². The van der Waals surface area contributed by atoms with Crippen LogP contribution in [0.25, 0.3) is 0 Å². The average Bonchev–Trinajstić information content (AvgIpc) is 3.44. The van der Waals surface area contributed by atoms with Crippen molar-refractivity contribution in [2.24, 2.45) is 5.92 Å². The number of hydrogen-bond acceptors (Lipinski definition) is 3. The van der Waals surface area contributed by atoms with E-state index >= 15 is 0 Å². The highest BCUT2D eigenvalue weighted by molar-refractivity contribution is 5.83. The van der Waals surface area contributed by atoms with E-state index in [1.807, 2.05) is 29.2 Å². The molecule has 0 N–H and O–H groups in total. The van der Waals surface area contributed by atoms with Gasteiger partial charge in [-0.1, -0.05) is 12.1 Å². The number of amides is 1. The quantitative estimate of drug-likeness (QED) is 0.785. The normalized spacial score (nSPS) is 18.9. The number of pyridine rings is 1. The van der Waals surface area contributed by atoms with Crippen molar-refractivity contribution in [3.05, 3.63) is 59.9 Å². The fourth-order valence-electron chi connectivity index (χ4n) is 3.16. The smallest absolute Gasteiger partial charge is 0.226 e.